The third kappa shape index (κ3) is 3.21. The monoisotopic (exact) mass is 408 g/mol. The van der Waals surface area contributed by atoms with Crippen molar-refractivity contribution in [3.63, 3.8) is 0 Å². The summed E-state index contributed by atoms with van der Waals surface area (Å²) in [5.74, 6) is 2.32. The molecule has 0 saturated heterocycles. The fourth-order valence-corrected chi connectivity index (χ4v) is 3.90. The SMILES string of the molecule is Cn1c(SCn2nnc3ccccc3c2=O)nnc1C1COc2ccccc2O1. The molecule has 2 aromatic carbocycles. The van der Waals surface area contributed by atoms with Gasteiger partial charge in [0.1, 0.15) is 12.1 Å². The van der Waals surface area contributed by atoms with E-state index in [0.717, 1.165) is 5.75 Å². The highest BCUT2D eigenvalue weighted by Gasteiger charge is 2.27. The van der Waals surface area contributed by atoms with Gasteiger partial charge in [-0.2, -0.15) is 4.68 Å². The number of benzene rings is 2. The van der Waals surface area contributed by atoms with Crippen molar-refractivity contribution in [3.05, 3.63) is 64.7 Å². The molecule has 1 atom stereocenters. The largest absolute Gasteiger partial charge is 0.485 e. The van der Waals surface area contributed by atoms with Crippen molar-refractivity contribution in [1.29, 1.82) is 0 Å². The van der Waals surface area contributed by atoms with E-state index < -0.39 is 0 Å². The molecule has 10 heteroatoms. The molecular weight excluding hydrogens is 392 g/mol. The van der Waals surface area contributed by atoms with Crippen LogP contribution in [0.4, 0.5) is 0 Å². The van der Waals surface area contributed by atoms with Crippen molar-refractivity contribution in [2.24, 2.45) is 7.05 Å². The van der Waals surface area contributed by atoms with Crippen LogP contribution in [0.3, 0.4) is 0 Å². The molecule has 5 rings (SSSR count). The van der Waals surface area contributed by atoms with Gasteiger partial charge in [0, 0.05) is 7.05 Å². The Balaban J connectivity index is 1.35. The molecule has 0 bridgehead atoms. The summed E-state index contributed by atoms with van der Waals surface area (Å²) in [5.41, 5.74) is 0.389. The molecule has 3 heterocycles. The fraction of sp³-hybridized carbons (Fsp3) is 0.211. The number of thioether (sulfide) groups is 1. The summed E-state index contributed by atoms with van der Waals surface area (Å²) in [7, 11) is 1.86. The maximum Gasteiger partial charge on any atom is 0.278 e. The van der Waals surface area contributed by atoms with E-state index in [-0.39, 0.29) is 17.5 Å². The van der Waals surface area contributed by atoms with E-state index in [1.165, 1.54) is 16.4 Å². The first-order chi connectivity index (χ1) is 14.2. The van der Waals surface area contributed by atoms with E-state index in [1.807, 2.05) is 48.0 Å². The smallest absolute Gasteiger partial charge is 0.278 e. The van der Waals surface area contributed by atoms with Crippen LogP contribution < -0.4 is 15.0 Å². The Bertz CT molecular complexity index is 1250. The van der Waals surface area contributed by atoms with Crippen LogP contribution in [-0.2, 0) is 12.9 Å². The van der Waals surface area contributed by atoms with Crippen molar-refractivity contribution in [2.45, 2.75) is 17.1 Å². The van der Waals surface area contributed by atoms with Crippen LogP contribution in [-0.4, -0.2) is 36.4 Å². The summed E-state index contributed by atoms with van der Waals surface area (Å²) in [6.45, 7) is 0.350. The third-order valence-corrected chi connectivity index (χ3v) is 5.60. The quantitative estimate of drug-likeness (QED) is 0.474. The van der Waals surface area contributed by atoms with Crippen molar-refractivity contribution >= 4 is 22.7 Å². The average Bonchev–Trinajstić information content (AvgIpc) is 3.13. The van der Waals surface area contributed by atoms with Crippen LogP contribution in [0.5, 0.6) is 11.5 Å². The number of para-hydroxylation sites is 2. The molecule has 0 saturated carbocycles. The molecule has 29 heavy (non-hydrogen) atoms. The van der Waals surface area contributed by atoms with Crippen LogP contribution in [0.25, 0.3) is 10.9 Å². The van der Waals surface area contributed by atoms with E-state index >= 15 is 0 Å². The molecule has 1 aliphatic heterocycles. The maximum atomic E-state index is 12.6. The van der Waals surface area contributed by atoms with Gasteiger partial charge >= 0.3 is 0 Å². The molecule has 4 aromatic rings. The number of ether oxygens (including phenoxy) is 2. The van der Waals surface area contributed by atoms with E-state index in [1.54, 1.807) is 12.1 Å². The number of rotatable bonds is 4. The first-order valence-electron chi connectivity index (χ1n) is 8.94. The van der Waals surface area contributed by atoms with Gasteiger partial charge in [-0.1, -0.05) is 41.2 Å². The molecule has 1 aliphatic rings. The van der Waals surface area contributed by atoms with E-state index in [9.17, 15) is 4.79 Å². The lowest BCUT2D eigenvalue weighted by molar-refractivity contribution is 0.0825. The van der Waals surface area contributed by atoms with Crippen LogP contribution in [0.1, 0.15) is 11.9 Å². The summed E-state index contributed by atoms with van der Waals surface area (Å²) in [4.78, 5) is 12.6. The van der Waals surface area contributed by atoms with Crippen LogP contribution >= 0.6 is 11.8 Å². The summed E-state index contributed by atoms with van der Waals surface area (Å²) in [6, 6.07) is 14.7. The van der Waals surface area contributed by atoms with Gasteiger partial charge in [0.25, 0.3) is 5.56 Å². The number of fused-ring (bicyclic) bond motifs is 2. The lowest BCUT2D eigenvalue weighted by Crippen LogP contribution is -2.24. The zero-order chi connectivity index (χ0) is 19.8. The Morgan fingerprint density at radius 1 is 1.07 bits per heavy atom. The molecule has 0 N–H and O–H groups in total. The highest BCUT2D eigenvalue weighted by molar-refractivity contribution is 7.98. The zero-order valence-corrected chi connectivity index (χ0v) is 16.2. The summed E-state index contributed by atoms with van der Waals surface area (Å²) in [5, 5.41) is 17.8. The Hall–Kier alpha value is -3.40. The van der Waals surface area contributed by atoms with Crippen molar-refractivity contribution in [2.75, 3.05) is 6.61 Å². The summed E-state index contributed by atoms with van der Waals surface area (Å²) < 4.78 is 14.9. The molecular formula is C19H16N6O3S. The Morgan fingerprint density at radius 3 is 2.76 bits per heavy atom. The van der Waals surface area contributed by atoms with Crippen molar-refractivity contribution in [3.8, 4) is 11.5 Å². The molecule has 0 radical (unpaired) electrons. The Labute approximate surface area is 169 Å². The van der Waals surface area contributed by atoms with Crippen LogP contribution in [0.2, 0.25) is 0 Å². The highest BCUT2D eigenvalue weighted by Crippen LogP contribution is 2.35. The highest BCUT2D eigenvalue weighted by atomic mass is 32.2. The lowest BCUT2D eigenvalue weighted by atomic mass is 10.2. The van der Waals surface area contributed by atoms with Gasteiger partial charge in [0.05, 0.1) is 11.3 Å². The standard InChI is InChI=1S/C19H16N6O3S/c1-24-17(16-10-27-14-8-4-5-9-15(14)28-16)21-22-19(24)29-11-25-18(26)12-6-2-3-7-13(12)20-23-25/h2-9,16H,10-11H2,1H3. The number of nitrogens with zero attached hydrogens (tertiary/aromatic N) is 6. The van der Waals surface area contributed by atoms with E-state index in [4.69, 9.17) is 9.47 Å². The topological polar surface area (TPSA) is 97.0 Å². The molecule has 0 aliphatic carbocycles. The Morgan fingerprint density at radius 2 is 1.86 bits per heavy atom. The van der Waals surface area contributed by atoms with Crippen molar-refractivity contribution < 1.29 is 9.47 Å². The average molecular weight is 408 g/mol. The Kier molecular flexibility index (Phi) is 4.39. The molecule has 9 nitrogen and oxygen atoms in total. The van der Waals surface area contributed by atoms with Gasteiger partial charge in [-0.05, 0) is 24.3 Å². The molecule has 0 amide bonds. The van der Waals surface area contributed by atoms with Gasteiger partial charge < -0.3 is 14.0 Å². The predicted molar refractivity (Wildman–Crippen MR) is 106 cm³/mol. The van der Waals surface area contributed by atoms with Gasteiger partial charge in [-0.3, -0.25) is 4.79 Å². The third-order valence-electron chi connectivity index (χ3n) is 4.61. The van der Waals surface area contributed by atoms with E-state index in [2.05, 4.69) is 20.5 Å². The number of aromatic nitrogens is 6. The number of hydrogen-bond acceptors (Lipinski definition) is 8. The minimum Gasteiger partial charge on any atom is -0.485 e. The van der Waals surface area contributed by atoms with Crippen LogP contribution in [0.15, 0.2) is 58.5 Å². The molecule has 2 aromatic heterocycles. The minimum atomic E-state index is -0.361. The van der Waals surface area contributed by atoms with Gasteiger partial charge in [0.2, 0.25) is 0 Å². The summed E-state index contributed by atoms with van der Waals surface area (Å²) in [6.07, 6.45) is -0.361. The molecule has 1 unspecified atom stereocenters. The van der Waals surface area contributed by atoms with Crippen molar-refractivity contribution in [1.82, 2.24) is 29.8 Å². The zero-order valence-electron chi connectivity index (χ0n) is 15.4. The second-order valence-corrected chi connectivity index (χ2v) is 7.36. The second kappa shape index (κ2) is 7.21. The molecule has 0 spiro atoms. The normalized spacial score (nSPS) is 15.6. The first kappa shape index (κ1) is 17.7. The second-order valence-electron chi connectivity index (χ2n) is 6.45. The number of hydrogen-bond donors (Lipinski definition) is 0. The minimum absolute atomic E-state index is 0.189. The summed E-state index contributed by atoms with van der Waals surface area (Å²) >= 11 is 1.35. The maximum absolute atomic E-state index is 12.6. The van der Waals surface area contributed by atoms with Gasteiger partial charge in [-0.25, -0.2) is 0 Å². The fourth-order valence-electron chi connectivity index (χ4n) is 3.11. The van der Waals surface area contributed by atoms with Gasteiger partial charge in [0.15, 0.2) is 28.6 Å². The van der Waals surface area contributed by atoms with Gasteiger partial charge in [-0.15, -0.1) is 15.3 Å². The molecule has 0 fully saturated rings. The lowest BCUT2D eigenvalue weighted by Gasteiger charge is -2.25. The predicted octanol–water partition coefficient (Wildman–Crippen LogP) is 2.18. The van der Waals surface area contributed by atoms with E-state index in [0.29, 0.717) is 34.2 Å². The molecule has 146 valence electrons. The first-order valence-corrected chi connectivity index (χ1v) is 9.92. The van der Waals surface area contributed by atoms with Crippen LogP contribution in [0, 0.1) is 0 Å².